The number of hydrogen-bond donors (Lipinski definition) is 0. The second-order valence-electron chi connectivity index (χ2n) is 6.28. The molecule has 0 heterocycles. The van der Waals surface area contributed by atoms with Crippen molar-refractivity contribution < 1.29 is 8.23 Å². The summed E-state index contributed by atoms with van der Waals surface area (Å²) in [7, 11) is -5.18. The molecule has 117 valence electrons. The van der Waals surface area contributed by atoms with Crippen molar-refractivity contribution in [2.75, 3.05) is 0 Å². The Morgan fingerprint density at radius 1 is 0.727 bits per heavy atom. The average molecular weight is 346 g/mol. The van der Waals surface area contributed by atoms with E-state index in [0.717, 1.165) is 0 Å². The van der Waals surface area contributed by atoms with Crippen LogP contribution in [0.2, 0.25) is 32.7 Å². The summed E-state index contributed by atoms with van der Waals surface area (Å²) in [6, 6.07) is 21.2. The summed E-state index contributed by atoms with van der Waals surface area (Å²) < 4.78 is 13.0. The molecule has 0 aromatic heterocycles. The first-order valence-electron chi connectivity index (χ1n) is 7.64. The van der Waals surface area contributed by atoms with E-state index in [1.807, 2.05) is 0 Å². The van der Waals surface area contributed by atoms with Crippen LogP contribution < -0.4 is 10.4 Å². The first-order valence-corrected chi connectivity index (χ1v) is 15.3. The molecule has 0 amide bonds. The van der Waals surface area contributed by atoms with Crippen LogP contribution in [-0.2, 0) is 8.23 Å². The monoisotopic (exact) mass is 345 g/mol. The summed E-state index contributed by atoms with van der Waals surface area (Å²) in [5, 5.41) is 2.60. The minimum Gasteiger partial charge on any atom is -0.437 e. The summed E-state index contributed by atoms with van der Waals surface area (Å²) in [6.45, 7) is 11.0. The second-order valence-corrected chi connectivity index (χ2v) is 15.7. The standard InChI is InChI=1S/C17H25O2Si3/c1-20(2)18-21(3,4)19-22(5,16-12-8-6-9-13-16)17-14-10-7-11-15-17/h6-15H,1-5H3. The lowest BCUT2D eigenvalue weighted by atomic mass is 10.4. The van der Waals surface area contributed by atoms with Gasteiger partial charge in [0.15, 0.2) is 9.04 Å². The molecule has 0 bridgehead atoms. The number of hydrogen-bond acceptors (Lipinski definition) is 2. The van der Waals surface area contributed by atoms with Gasteiger partial charge >= 0.3 is 8.56 Å². The third-order valence-electron chi connectivity index (χ3n) is 3.55. The fourth-order valence-corrected chi connectivity index (χ4v) is 14.1. The highest BCUT2D eigenvalue weighted by molar-refractivity contribution is 7.01. The topological polar surface area (TPSA) is 18.5 Å². The molecule has 0 aliphatic heterocycles. The van der Waals surface area contributed by atoms with Gasteiger partial charge in [-0.15, -0.1) is 0 Å². The van der Waals surface area contributed by atoms with E-state index in [-0.39, 0.29) is 0 Å². The largest absolute Gasteiger partial charge is 0.437 e. The molecular weight excluding hydrogens is 320 g/mol. The molecule has 0 N–H and O–H groups in total. The molecular formula is C17H25O2Si3. The molecule has 1 radical (unpaired) electrons. The van der Waals surface area contributed by atoms with Crippen molar-refractivity contribution in [2.45, 2.75) is 32.7 Å². The zero-order valence-corrected chi connectivity index (χ0v) is 17.1. The first-order chi connectivity index (χ1) is 10.3. The van der Waals surface area contributed by atoms with Crippen LogP contribution in [0.15, 0.2) is 60.7 Å². The Bertz CT molecular complexity index is 546. The number of rotatable bonds is 6. The molecule has 2 rings (SSSR count). The van der Waals surface area contributed by atoms with E-state index in [9.17, 15) is 0 Å². The van der Waals surface area contributed by atoms with Gasteiger partial charge in [-0.25, -0.2) is 0 Å². The van der Waals surface area contributed by atoms with Crippen molar-refractivity contribution in [3.8, 4) is 0 Å². The Morgan fingerprint density at radius 3 is 1.50 bits per heavy atom. The van der Waals surface area contributed by atoms with Gasteiger partial charge in [-0.3, -0.25) is 0 Å². The summed E-state index contributed by atoms with van der Waals surface area (Å²) >= 11 is 0. The van der Waals surface area contributed by atoms with Crippen LogP contribution in [0.4, 0.5) is 0 Å². The predicted octanol–water partition coefficient (Wildman–Crippen LogP) is 3.36. The van der Waals surface area contributed by atoms with Gasteiger partial charge in [0.1, 0.15) is 0 Å². The summed E-state index contributed by atoms with van der Waals surface area (Å²) in [6.07, 6.45) is 0. The molecule has 2 aromatic rings. The van der Waals surface area contributed by atoms with Gasteiger partial charge in [0.2, 0.25) is 8.32 Å². The molecule has 5 heteroatoms. The van der Waals surface area contributed by atoms with Crippen LogP contribution in [0.5, 0.6) is 0 Å². The van der Waals surface area contributed by atoms with Crippen LogP contribution in [0.3, 0.4) is 0 Å². The van der Waals surface area contributed by atoms with Gasteiger partial charge in [0.05, 0.1) is 0 Å². The van der Waals surface area contributed by atoms with Gasteiger partial charge < -0.3 is 8.23 Å². The molecule has 2 aromatic carbocycles. The van der Waals surface area contributed by atoms with Crippen LogP contribution in [0, 0.1) is 0 Å². The van der Waals surface area contributed by atoms with Gasteiger partial charge in [0.25, 0.3) is 0 Å². The van der Waals surface area contributed by atoms with E-state index in [1.54, 1.807) is 0 Å². The smallest absolute Gasteiger partial charge is 0.311 e. The van der Waals surface area contributed by atoms with Crippen molar-refractivity contribution in [2.24, 2.45) is 0 Å². The third-order valence-corrected chi connectivity index (χ3v) is 13.6. The van der Waals surface area contributed by atoms with E-state index >= 15 is 0 Å². The maximum absolute atomic E-state index is 6.79. The Morgan fingerprint density at radius 2 is 1.14 bits per heavy atom. The van der Waals surface area contributed by atoms with Crippen LogP contribution in [0.25, 0.3) is 0 Å². The molecule has 0 fully saturated rings. The van der Waals surface area contributed by atoms with Gasteiger partial charge in [-0.1, -0.05) is 60.7 Å². The Kier molecular flexibility index (Phi) is 5.57. The summed E-state index contributed by atoms with van der Waals surface area (Å²) in [5.74, 6) is 0. The van der Waals surface area contributed by atoms with Gasteiger partial charge in [-0.05, 0) is 43.1 Å². The zero-order valence-electron chi connectivity index (χ0n) is 14.1. The van der Waals surface area contributed by atoms with E-state index < -0.39 is 25.9 Å². The highest BCUT2D eigenvalue weighted by Gasteiger charge is 2.41. The zero-order chi connectivity index (χ0) is 16.2. The predicted molar refractivity (Wildman–Crippen MR) is 101 cm³/mol. The quantitative estimate of drug-likeness (QED) is 0.748. The number of benzene rings is 2. The second kappa shape index (κ2) is 7.06. The van der Waals surface area contributed by atoms with Crippen molar-refractivity contribution in [1.29, 1.82) is 0 Å². The van der Waals surface area contributed by atoms with Crippen LogP contribution in [0.1, 0.15) is 0 Å². The van der Waals surface area contributed by atoms with E-state index in [2.05, 4.69) is 93.4 Å². The van der Waals surface area contributed by atoms with E-state index in [0.29, 0.717) is 0 Å². The van der Waals surface area contributed by atoms with Crippen molar-refractivity contribution >= 4 is 36.3 Å². The Labute approximate surface area is 138 Å². The summed E-state index contributed by atoms with van der Waals surface area (Å²) in [5.41, 5.74) is 0. The SMILES string of the molecule is C[Si](C)O[Si](C)(C)O[Si](C)(c1ccccc1)c1ccccc1. The minimum atomic E-state index is -2.25. The molecule has 0 saturated carbocycles. The fraction of sp³-hybridized carbons (Fsp3) is 0.294. The molecule has 0 aliphatic carbocycles. The van der Waals surface area contributed by atoms with Crippen molar-refractivity contribution in [1.82, 2.24) is 0 Å². The van der Waals surface area contributed by atoms with Crippen molar-refractivity contribution in [3.05, 3.63) is 60.7 Å². The molecule has 0 atom stereocenters. The lowest BCUT2D eigenvalue weighted by Gasteiger charge is -2.37. The molecule has 0 aliphatic rings. The van der Waals surface area contributed by atoms with Crippen LogP contribution in [-0.4, -0.2) is 25.9 Å². The normalized spacial score (nSPS) is 12.6. The Balaban J connectivity index is 2.43. The fourth-order valence-electron chi connectivity index (χ4n) is 2.80. The maximum Gasteiger partial charge on any atom is 0.311 e. The molecule has 22 heavy (non-hydrogen) atoms. The van der Waals surface area contributed by atoms with Gasteiger partial charge in [-0.2, -0.15) is 0 Å². The Hall–Kier alpha value is -0.989. The minimum absolute atomic E-state index is 0.767. The lowest BCUT2D eigenvalue weighted by molar-refractivity contribution is 0.410. The highest BCUT2D eigenvalue weighted by Crippen LogP contribution is 2.17. The molecule has 2 nitrogen and oxygen atoms in total. The third kappa shape index (κ3) is 4.27. The van der Waals surface area contributed by atoms with Crippen molar-refractivity contribution in [3.63, 3.8) is 0 Å². The van der Waals surface area contributed by atoms with E-state index in [4.69, 9.17) is 8.23 Å². The highest BCUT2D eigenvalue weighted by atomic mass is 28.5. The molecule has 0 spiro atoms. The molecule has 0 saturated heterocycles. The average Bonchev–Trinajstić information content (AvgIpc) is 2.47. The van der Waals surface area contributed by atoms with E-state index in [1.165, 1.54) is 10.4 Å². The van der Waals surface area contributed by atoms with Gasteiger partial charge in [0, 0.05) is 0 Å². The lowest BCUT2D eigenvalue weighted by Crippen LogP contribution is -2.64. The molecule has 0 unspecified atom stereocenters. The maximum atomic E-state index is 6.79. The first kappa shape index (κ1) is 17.4. The summed E-state index contributed by atoms with van der Waals surface area (Å²) in [4.78, 5) is 0. The van der Waals surface area contributed by atoms with Crippen LogP contribution >= 0.6 is 0 Å².